The Morgan fingerprint density at radius 2 is 1.74 bits per heavy atom. The maximum absolute atomic E-state index is 12.8. The molecule has 2 rings (SSSR count). The zero-order valence-electron chi connectivity index (χ0n) is 13.8. The van der Waals surface area contributed by atoms with Gasteiger partial charge in [0.25, 0.3) is 11.6 Å². The Kier molecular flexibility index (Phi) is 4.79. The minimum atomic E-state index is -0.458. The second-order valence-electron chi connectivity index (χ2n) is 5.60. The first-order valence-electron chi connectivity index (χ1n) is 7.49. The monoisotopic (exact) mass is 312 g/mol. The van der Waals surface area contributed by atoms with Crippen molar-refractivity contribution in [3.05, 3.63) is 68.8 Å². The van der Waals surface area contributed by atoms with E-state index in [1.807, 2.05) is 39.0 Å². The molecule has 0 N–H and O–H groups in total. The van der Waals surface area contributed by atoms with Crippen LogP contribution in [0.3, 0.4) is 0 Å². The average Bonchev–Trinajstić information content (AvgIpc) is 2.51. The van der Waals surface area contributed by atoms with E-state index in [0.717, 1.165) is 16.8 Å². The van der Waals surface area contributed by atoms with E-state index in [1.54, 1.807) is 24.0 Å². The number of aryl methyl sites for hydroxylation is 3. The molecule has 0 heterocycles. The molecule has 0 aliphatic carbocycles. The number of nitro benzene ring substituents is 1. The highest BCUT2D eigenvalue weighted by Gasteiger charge is 2.21. The number of benzene rings is 2. The summed E-state index contributed by atoms with van der Waals surface area (Å²) < 4.78 is 0. The van der Waals surface area contributed by atoms with Crippen LogP contribution in [-0.2, 0) is 0 Å². The van der Waals surface area contributed by atoms with Crippen LogP contribution in [0.5, 0.6) is 0 Å². The van der Waals surface area contributed by atoms with Crippen molar-refractivity contribution in [2.75, 3.05) is 11.4 Å². The maximum atomic E-state index is 12.8. The van der Waals surface area contributed by atoms with Crippen molar-refractivity contribution in [1.82, 2.24) is 0 Å². The number of nitrogens with zero attached hydrogens (tertiary/aromatic N) is 2. The molecule has 0 unspecified atom stereocenters. The van der Waals surface area contributed by atoms with Gasteiger partial charge in [-0.15, -0.1) is 0 Å². The third-order valence-corrected chi connectivity index (χ3v) is 3.87. The van der Waals surface area contributed by atoms with Crippen LogP contribution in [0.15, 0.2) is 36.4 Å². The van der Waals surface area contributed by atoms with Crippen LogP contribution >= 0.6 is 0 Å². The van der Waals surface area contributed by atoms with Gasteiger partial charge in [-0.3, -0.25) is 14.9 Å². The van der Waals surface area contributed by atoms with E-state index in [9.17, 15) is 14.9 Å². The van der Waals surface area contributed by atoms with Gasteiger partial charge in [-0.25, -0.2) is 0 Å². The van der Waals surface area contributed by atoms with Crippen LogP contribution in [0.25, 0.3) is 0 Å². The summed E-state index contributed by atoms with van der Waals surface area (Å²) in [6.07, 6.45) is 0. The molecular weight excluding hydrogens is 292 g/mol. The second kappa shape index (κ2) is 6.60. The lowest BCUT2D eigenvalue weighted by molar-refractivity contribution is -0.385. The lowest BCUT2D eigenvalue weighted by atomic mass is 10.1. The first-order valence-corrected chi connectivity index (χ1v) is 7.49. The molecule has 0 aromatic heterocycles. The summed E-state index contributed by atoms with van der Waals surface area (Å²) in [5.74, 6) is -0.232. The number of carbonyl (C=O) groups excluding carboxylic acids is 1. The van der Waals surface area contributed by atoms with Crippen LogP contribution in [0.2, 0.25) is 0 Å². The molecule has 0 aliphatic heterocycles. The number of carbonyl (C=O) groups is 1. The predicted molar refractivity (Wildman–Crippen MR) is 91.1 cm³/mol. The van der Waals surface area contributed by atoms with Gasteiger partial charge >= 0.3 is 0 Å². The molecule has 120 valence electrons. The summed E-state index contributed by atoms with van der Waals surface area (Å²) in [4.78, 5) is 25.1. The van der Waals surface area contributed by atoms with Crippen molar-refractivity contribution in [1.29, 1.82) is 0 Å². The number of amides is 1. The predicted octanol–water partition coefficient (Wildman–Crippen LogP) is 4.19. The Labute approximate surface area is 135 Å². The highest BCUT2D eigenvalue weighted by Crippen LogP contribution is 2.25. The SMILES string of the molecule is CCN(C(=O)c1ccc(C)c([N+](=O)[O-])c1)c1cc(C)ccc1C. The average molecular weight is 312 g/mol. The molecule has 1 amide bonds. The van der Waals surface area contributed by atoms with Crippen molar-refractivity contribution in [2.24, 2.45) is 0 Å². The van der Waals surface area contributed by atoms with Crippen LogP contribution in [0.4, 0.5) is 11.4 Å². The normalized spacial score (nSPS) is 10.4. The van der Waals surface area contributed by atoms with Gasteiger partial charge < -0.3 is 4.90 Å². The van der Waals surface area contributed by atoms with Crippen molar-refractivity contribution in [3.63, 3.8) is 0 Å². The molecule has 0 saturated carbocycles. The van der Waals surface area contributed by atoms with Gasteiger partial charge in [0.05, 0.1) is 4.92 Å². The molecule has 0 atom stereocenters. The van der Waals surface area contributed by atoms with E-state index in [1.165, 1.54) is 6.07 Å². The zero-order chi connectivity index (χ0) is 17.1. The number of hydrogen-bond donors (Lipinski definition) is 0. The summed E-state index contributed by atoms with van der Waals surface area (Å²) in [6, 6.07) is 10.5. The molecular formula is C18H20N2O3. The van der Waals surface area contributed by atoms with Gasteiger partial charge in [0.2, 0.25) is 0 Å². The second-order valence-corrected chi connectivity index (χ2v) is 5.60. The van der Waals surface area contributed by atoms with Crippen molar-refractivity contribution in [2.45, 2.75) is 27.7 Å². The van der Waals surface area contributed by atoms with Gasteiger partial charge in [-0.1, -0.05) is 18.2 Å². The minimum absolute atomic E-state index is 0.0344. The highest BCUT2D eigenvalue weighted by atomic mass is 16.6. The van der Waals surface area contributed by atoms with Crippen molar-refractivity contribution in [3.8, 4) is 0 Å². The van der Waals surface area contributed by atoms with Gasteiger partial charge in [0, 0.05) is 29.4 Å². The molecule has 23 heavy (non-hydrogen) atoms. The molecule has 0 bridgehead atoms. The number of rotatable bonds is 4. The lowest BCUT2D eigenvalue weighted by Gasteiger charge is -2.23. The fraction of sp³-hybridized carbons (Fsp3) is 0.278. The smallest absolute Gasteiger partial charge is 0.273 e. The third kappa shape index (κ3) is 3.39. The number of hydrogen-bond acceptors (Lipinski definition) is 3. The Hall–Kier alpha value is -2.69. The molecule has 0 aliphatic rings. The van der Waals surface area contributed by atoms with Crippen LogP contribution < -0.4 is 4.90 Å². The molecule has 0 fully saturated rings. The maximum Gasteiger partial charge on any atom is 0.273 e. The van der Waals surface area contributed by atoms with E-state index in [2.05, 4.69) is 0 Å². The van der Waals surface area contributed by atoms with Crippen LogP contribution in [0.1, 0.15) is 34.0 Å². The largest absolute Gasteiger partial charge is 0.308 e. The summed E-state index contributed by atoms with van der Waals surface area (Å²) in [7, 11) is 0. The first-order chi connectivity index (χ1) is 10.8. The number of anilines is 1. The summed E-state index contributed by atoms with van der Waals surface area (Å²) >= 11 is 0. The molecule has 0 saturated heterocycles. The van der Waals surface area contributed by atoms with E-state index in [4.69, 9.17) is 0 Å². The third-order valence-electron chi connectivity index (χ3n) is 3.87. The van der Waals surface area contributed by atoms with E-state index >= 15 is 0 Å². The Balaban J connectivity index is 2.47. The number of nitro groups is 1. The van der Waals surface area contributed by atoms with E-state index in [-0.39, 0.29) is 11.6 Å². The van der Waals surface area contributed by atoms with E-state index < -0.39 is 4.92 Å². The first kappa shape index (κ1) is 16.7. The molecule has 2 aromatic carbocycles. The van der Waals surface area contributed by atoms with Crippen LogP contribution in [0, 0.1) is 30.9 Å². The van der Waals surface area contributed by atoms with E-state index in [0.29, 0.717) is 17.7 Å². The lowest BCUT2D eigenvalue weighted by Crippen LogP contribution is -2.31. The van der Waals surface area contributed by atoms with Gasteiger partial charge in [-0.05, 0) is 51.0 Å². The standard InChI is InChI=1S/C18H20N2O3/c1-5-19(16-10-12(2)6-7-13(16)3)18(21)15-9-8-14(4)17(11-15)20(22)23/h6-11H,5H2,1-4H3. The Bertz CT molecular complexity index is 769. The summed E-state index contributed by atoms with van der Waals surface area (Å²) in [5.41, 5.74) is 3.72. The highest BCUT2D eigenvalue weighted by molar-refractivity contribution is 6.06. The molecule has 2 aromatic rings. The quantitative estimate of drug-likeness (QED) is 0.628. The fourth-order valence-corrected chi connectivity index (χ4v) is 2.53. The van der Waals surface area contributed by atoms with Crippen molar-refractivity contribution < 1.29 is 9.72 Å². The summed E-state index contributed by atoms with van der Waals surface area (Å²) in [6.45, 7) is 7.96. The fourth-order valence-electron chi connectivity index (χ4n) is 2.53. The van der Waals surface area contributed by atoms with Gasteiger partial charge in [-0.2, -0.15) is 0 Å². The minimum Gasteiger partial charge on any atom is -0.308 e. The molecule has 5 nitrogen and oxygen atoms in total. The molecule has 0 radical (unpaired) electrons. The van der Waals surface area contributed by atoms with Gasteiger partial charge in [0.1, 0.15) is 0 Å². The Morgan fingerprint density at radius 1 is 1.09 bits per heavy atom. The van der Waals surface area contributed by atoms with Gasteiger partial charge in [0.15, 0.2) is 0 Å². The zero-order valence-corrected chi connectivity index (χ0v) is 13.8. The topological polar surface area (TPSA) is 63.5 Å². The van der Waals surface area contributed by atoms with Crippen molar-refractivity contribution >= 4 is 17.3 Å². The molecule has 0 spiro atoms. The summed E-state index contributed by atoms with van der Waals surface area (Å²) in [5, 5.41) is 11.1. The van der Waals surface area contributed by atoms with Crippen LogP contribution in [-0.4, -0.2) is 17.4 Å². The molecule has 5 heteroatoms. The Morgan fingerprint density at radius 3 is 2.35 bits per heavy atom.